The fourth-order valence-electron chi connectivity index (χ4n) is 1.14. The summed E-state index contributed by atoms with van der Waals surface area (Å²) in [6.45, 7) is 0.341. The first kappa shape index (κ1) is 16.1. The lowest BCUT2D eigenvalue weighted by atomic mass is 10.1. The standard InChI is InChI=1S/C11H11ClF2N2O4/c1-11(20,9(17)18)4-15-10(19)16-7-3-5(12)2-6(13)8(7)14/h2-3,20H,4H2,1H3,(H,17,18)(H2,15,16,19). The third-order valence-corrected chi connectivity index (χ3v) is 2.51. The summed E-state index contributed by atoms with van der Waals surface area (Å²) >= 11 is 5.50. The van der Waals surface area contributed by atoms with Crippen LogP contribution in [-0.4, -0.2) is 34.4 Å². The number of nitrogens with one attached hydrogen (secondary N) is 2. The van der Waals surface area contributed by atoms with Crippen LogP contribution in [0, 0.1) is 11.6 Å². The normalized spacial score (nSPS) is 13.4. The number of hydrogen-bond acceptors (Lipinski definition) is 3. The SMILES string of the molecule is CC(O)(CNC(=O)Nc1cc(Cl)cc(F)c1F)C(=O)O. The number of carboxylic acids is 1. The maximum atomic E-state index is 13.3. The van der Waals surface area contributed by atoms with Crippen LogP contribution in [0.4, 0.5) is 19.3 Å². The molecule has 0 aromatic heterocycles. The first-order valence-electron chi connectivity index (χ1n) is 5.28. The van der Waals surface area contributed by atoms with Crippen LogP contribution in [0.2, 0.25) is 5.02 Å². The number of halogens is 3. The number of carboxylic acid groups (broad SMARTS) is 1. The average Bonchev–Trinajstić information content (AvgIpc) is 2.33. The molecule has 1 atom stereocenters. The van der Waals surface area contributed by atoms with Gasteiger partial charge >= 0.3 is 12.0 Å². The van der Waals surface area contributed by atoms with E-state index in [0.29, 0.717) is 0 Å². The average molecular weight is 309 g/mol. The van der Waals surface area contributed by atoms with Crippen molar-refractivity contribution in [3.63, 3.8) is 0 Å². The Bertz CT molecular complexity index is 551. The van der Waals surface area contributed by atoms with Gasteiger partial charge in [0.05, 0.1) is 12.2 Å². The fraction of sp³-hybridized carbons (Fsp3) is 0.273. The number of urea groups is 1. The molecule has 1 aromatic rings. The Morgan fingerprint density at radius 1 is 1.40 bits per heavy atom. The summed E-state index contributed by atoms with van der Waals surface area (Å²) in [6, 6.07) is 0.691. The van der Waals surface area contributed by atoms with Crippen molar-refractivity contribution in [2.45, 2.75) is 12.5 Å². The molecule has 4 N–H and O–H groups in total. The van der Waals surface area contributed by atoms with Crippen LogP contribution in [0.5, 0.6) is 0 Å². The number of hydrogen-bond donors (Lipinski definition) is 4. The van der Waals surface area contributed by atoms with Crippen LogP contribution < -0.4 is 10.6 Å². The number of carbonyl (C=O) groups excluding carboxylic acids is 1. The highest BCUT2D eigenvalue weighted by molar-refractivity contribution is 6.30. The molecule has 0 fully saturated rings. The molecule has 1 unspecified atom stereocenters. The molecule has 0 aliphatic carbocycles. The maximum Gasteiger partial charge on any atom is 0.337 e. The van der Waals surface area contributed by atoms with Gasteiger partial charge in [0.25, 0.3) is 0 Å². The Kier molecular flexibility index (Phi) is 4.85. The van der Waals surface area contributed by atoms with E-state index in [1.807, 2.05) is 10.6 Å². The Morgan fingerprint density at radius 2 is 2.00 bits per heavy atom. The zero-order valence-electron chi connectivity index (χ0n) is 10.2. The first-order valence-corrected chi connectivity index (χ1v) is 5.66. The fourth-order valence-corrected chi connectivity index (χ4v) is 1.35. The molecule has 0 aliphatic heterocycles. The second kappa shape index (κ2) is 6.02. The van der Waals surface area contributed by atoms with E-state index in [0.717, 1.165) is 19.1 Å². The van der Waals surface area contributed by atoms with Crippen molar-refractivity contribution in [3.8, 4) is 0 Å². The monoisotopic (exact) mass is 308 g/mol. The van der Waals surface area contributed by atoms with E-state index in [1.165, 1.54) is 0 Å². The number of rotatable bonds is 4. The van der Waals surface area contributed by atoms with Gasteiger partial charge in [-0.2, -0.15) is 0 Å². The first-order chi connectivity index (χ1) is 9.13. The summed E-state index contributed by atoms with van der Waals surface area (Å²) < 4.78 is 26.3. The highest BCUT2D eigenvalue weighted by atomic mass is 35.5. The maximum absolute atomic E-state index is 13.3. The van der Waals surface area contributed by atoms with Gasteiger partial charge in [-0.1, -0.05) is 11.6 Å². The van der Waals surface area contributed by atoms with Crippen molar-refractivity contribution in [3.05, 3.63) is 28.8 Å². The van der Waals surface area contributed by atoms with Gasteiger partial charge in [-0.25, -0.2) is 18.4 Å². The van der Waals surface area contributed by atoms with Crippen molar-refractivity contribution < 1.29 is 28.6 Å². The minimum atomic E-state index is -2.19. The van der Waals surface area contributed by atoms with Gasteiger partial charge in [-0.15, -0.1) is 0 Å². The smallest absolute Gasteiger partial charge is 0.337 e. The predicted molar refractivity (Wildman–Crippen MR) is 66.6 cm³/mol. The lowest BCUT2D eigenvalue weighted by molar-refractivity contribution is -0.155. The van der Waals surface area contributed by atoms with Crippen molar-refractivity contribution in [2.24, 2.45) is 0 Å². The van der Waals surface area contributed by atoms with E-state index < -0.39 is 41.5 Å². The van der Waals surface area contributed by atoms with E-state index in [4.69, 9.17) is 16.7 Å². The molecule has 9 heteroatoms. The van der Waals surface area contributed by atoms with E-state index >= 15 is 0 Å². The summed E-state index contributed by atoms with van der Waals surface area (Å²) in [5.41, 5.74) is -2.70. The number of anilines is 1. The summed E-state index contributed by atoms with van der Waals surface area (Å²) in [6.07, 6.45) is 0. The lowest BCUT2D eigenvalue weighted by Crippen LogP contribution is -2.47. The summed E-state index contributed by atoms with van der Waals surface area (Å²) in [7, 11) is 0. The van der Waals surface area contributed by atoms with Gasteiger partial charge in [0.2, 0.25) is 0 Å². The number of amides is 2. The van der Waals surface area contributed by atoms with Crippen molar-refractivity contribution in [2.75, 3.05) is 11.9 Å². The number of aliphatic hydroxyl groups is 1. The highest BCUT2D eigenvalue weighted by Gasteiger charge is 2.30. The zero-order valence-corrected chi connectivity index (χ0v) is 11.0. The van der Waals surface area contributed by atoms with Gasteiger partial charge in [0.1, 0.15) is 0 Å². The molecule has 0 saturated carbocycles. The van der Waals surface area contributed by atoms with Gasteiger partial charge in [-0.05, 0) is 19.1 Å². The Balaban J connectivity index is 2.71. The largest absolute Gasteiger partial charge is 0.479 e. The lowest BCUT2D eigenvalue weighted by Gasteiger charge is -2.18. The Morgan fingerprint density at radius 3 is 2.55 bits per heavy atom. The third kappa shape index (κ3) is 4.04. The molecule has 0 radical (unpaired) electrons. The molecule has 110 valence electrons. The van der Waals surface area contributed by atoms with E-state index in [9.17, 15) is 23.5 Å². The molecule has 1 rings (SSSR count). The van der Waals surface area contributed by atoms with E-state index in [2.05, 4.69) is 0 Å². The van der Waals surface area contributed by atoms with Crippen LogP contribution in [0.15, 0.2) is 12.1 Å². The molecule has 0 saturated heterocycles. The minimum absolute atomic E-state index is 0.128. The van der Waals surface area contributed by atoms with Crippen LogP contribution in [-0.2, 0) is 4.79 Å². The van der Waals surface area contributed by atoms with Crippen LogP contribution in [0.25, 0.3) is 0 Å². The molecule has 20 heavy (non-hydrogen) atoms. The van der Waals surface area contributed by atoms with Gasteiger partial charge in [0, 0.05) is 5.02 Å². The minimum Gasteiger partial charge on any atom is -0.479 e. The topological polar surface area (TPSA) is 98.7 Å². The zero-order chi connectivity index (χ0) is 15.5. The molecular weight excluding hydrogens is 298 g/mol. The van der Waals surface area contributed by atoms with Crippen LogP contribution in [0.1, 0.15) is 6.92 Å². The highest BCUT2D eigenvalue weighted by Crippen LogP contribution is 2.22. The second-order valence-corrected chi connectivity index (χ2v) is 4.57. The summed E-state index contributed by atoms with van der Waals surface area (Å²) in [4.78, 5) is 22.0. The molecule has 0 heterocycles. The molecular formula is C11H11ClF2N2O4. The van der Waals surface area contributed by atoms with Crippen LogP contribution >= 0.6 is 11.6 Å². The predicted octanol–water partition coefficient (Wildman–Crippen LogP) is 1.58. The van der Waals surface area contributed by atoms with Crippen molar-refractivity contribution in [1.82, 2.24) is 5.32 Å². The van der Waals surface area contributed by atoms with Crippen molar-refractivity contribution in [1.29, 1.82) is 0 Å². The van der Waals surface area contributed by atoms with Gasteiger partial charge < -0.3 is 20.8 Å². The molecule has 0 bridgehead atoms. The molecule has 1 aromatic carbocycles. The quantitative estimate of drug-likeness (QED) is 0.635. The van der Waals surface area contributed by atoms with E-state index in [-0.39, 0.29) is 5.02 Å². The summed E-state index contributed by atoms with van der Waals surface area (Å²) in [5, 5.41) is 21.8. The molecule has 0 spiro atoms. The molecule has 0 aliphatic rings. The molecule has 6 nitrogen and oxygen atoms in total. The molecule has 2 amide bonds. The van der Waals surface area contributed by atoms with Gasteiger partial charge in [0.15, 0.2) is 17.2 Å². The van der Waals surface area contributed by atoms with Crippen molar-refractivity contribution >= 4 is 29.3 Å². The van der Waals surface area contributed by atoms with E-state index in [1.54, 1.807) is 0 Å². The number of aliphatic carboxylic acids is 1. The Hall–Kier alpha value is -1.93. The number of carbonyl (C=O) groups is 2. The van der Waals surface area contributed by atoms with Gasteiger partial charge in [-0.3, -0.25) is 0 Å². The number of benzene rings is 1. The Labute approximate surface area is 117 Å². The second-order valence-electron chi connectivity index (χ2n) is 4.14. The third-order valence-electron chi connectivity index (χ3n) is 2.30. The van der Waals surface area contributed by atoms with Crippen LogP contribution in [0.3, 0.4) is 0 Å². The summed E-state index contributed by atoms with van der Waals surface area (Å²) in [5.74, 6) is -4.10.